The third kappa shape index (κ3) is 2.57. The predicted octanol–water partition coefficient (Wildman–Crippen LogP) is 1.91. The first-order valence-corrected chi connectivity index (χ1v) is 7.04. The number of anilines is 1. The van der Waals surface area contributed by atoms with Gasteiger partial charge in [0, 0.05) is 11.0 Å². The molecule has 0 N–H and O–H groups in total. The number of nitrogens with zero attached hydrogens (tertiary/aromatic N) is 1. The number of halogens is 2. The molecule has 1 aromatic rings. The van der Waals surface area contributed by atoms with Crippen LogP contribution in [0, 0.1) is 0 Å². The second kappa shape index (κ2) is 5.42. The van der Waals surface area contributed by atoms with Gasteiger partial charge in [0.2, 0.25) is 0 Å². The fourth-order valence-electron chi connectivity index (χ4n) is 1.81. The van der Waals surface area contributed by atoms with Gasteiger partial charge in [0.15, 0.2) is 0 Å². The first-order chi connectivity index (χ1) is 8.95. The minimum absolute atomic E-state index is 0.0424. The number of ether oxygens (including phenoxy) is 1. The van der Waals surface area contributed by atoms with Crippen LogP contribution in [0.15, 0.2) is 22.7 Å². The first-order valence-electron chi connectivity index (χ1n) is 5.33. The lowest BCUT2D eigenvalue weighted by atomic mass is 10.1. The number of esters is 1. The quantitative estimate of drug-likeness (QED) is 0.449. The van der Waals surface area contributed by atoms with Crippen LogP contribution in [0.25, 0.3) is 0 Å². The van der Waals surface area contributed by atoms with Crippen LogP contribution in [0.4, 0.5) is 5.69 Å². The molecular formula is C12H9Br2NO4. The molecule has 1 aromatic carbocycles. The second-order valence-electron chi connectivity index (χ2n) is 3.90. The minimum atomic E-state index is -0.681. The van der Waals surface area contributed by atoms with E-state index in [1.165, 1.54) is 12.0 Å². The van der Waals surface area contributed by atoms with E-state index >= 15 is 0 Å². The van der Waals surface area contributed by atoms with Gasteiger partial charge in [0.05, 0.1) is 18.4 Å². The Bertz CT molecular complexity index is 573. The number of Topliss-reactive ketones (excluding diaryl/α,β-unsaturated/α-hetero) is 1. The van der Waals surface area contributed by atoms with Crippen molar-refractivity contribution in [1.29, 1.82) is 0 Å². The number of fused-ring (bicyclic) bond motifs is 1. The van der Waals surface area contributed by atoms with Crippen LogP contribution >= 0.6 is 31.9 Å². The Hall–Kier alpha value is -1.21. The van der Waals surface area contributed by atoms with Gasteiger partial charge in [-0.25, -0.2) is 0 Å². The van der Waals surface area contributed by atoms with E-state index in [-0.39, 0.29) is 6.54 Å². The van der Waals surface area contributed by atoms with Crippen molar-refractivity contribution >= 4 is 55.2 Å². The number of carbonyl (C=O) groups is 3. The summed E-state index contributed by atoms with van der Waals surface area (Å²) >= 11 is 6.43. The van der Waals surface area contributed by atoms with Crippen molar-refractivity contribution in [1.82, 2.24) is 0 Å². The average molecular weight is 391 g/mol. The molecule has 0 bridgehead atoms. The summed E-state index contributed by atoms with van der Waals surface area (Å²) in [5, 5.41) is 0. The highest BCUT2D eigenvalue weighted by atomic mass is 79.9. The molecule has 1 aliphatic rings. The minimum Gasteiger partial charge on any atom is -0.468 e. The van der Waals surface area contributed by atoms with Crippen LogP contribution in [0.1, 0.15) is 10.4 Å². The summed E-state index contributed by atoms with van der Waals surface area (Å²) in [4.78, 5) is 35.7. The summed E-state index contributed by atoms with van der Waals surface area (Å²) < 4.78 is 5.33. The summed E-state index contributed by atoms with van der Waals surface area (Å²) in [5.41, 5.74) is 0.843. The zero-order valence-corrected chi connectivity index (χ0v) is 13.0. The lowest BCUT2D eigenvalue weighted by molar-refractivity contribution is -0.139. The number of hydrogen-bond acceptors (Lipinski definition) is 4. The van der Waals surface area contributed by atoms with Crippen molar-refractivity contribution in [2.24, 2.45) is 0 Å². The van der Waals surface area contributed by atoms with Gasteiger partial charge in [0.25, 0.3) is 11.7 Å². The maximum Gasteiger partial charge on any atom is 0.321 e. The lowest BCUT2D eigenvalue weighted by Crippen LogP contribution is -2.37. The largest absolute Gasteiger partial charge is 0.468 e. The van der Waals surface area contributed by atoms with Gasteiger partial charge in [0.1, 0.15) is 4.83 Å². The Labute approximate surface area is 126 Å². The van der Waals surface area contributed by atoms with Crippen molar-refractivity contribution < 1.29 is 19.1 Å². The number of benzene rings is 1. The highest BCUT2D eigenvalue weighted by molar-refractivity contribution is 9.10. The molecule has 0 fully saturated rings. The van der Waals surface area contributed by atoms with Gasteiger partial charge in [-0.05, 0) is 18.2 Å². The molecule has 0 aromatic heterocycles. The third-order valence-corrected chi connectivity index (χ3v) is 3.89. The zero-order chi connectivity index (χ0) is 14.2. The van der Waals surface area contributed by atoms with E-state index in [1.807, 2.05) is 0 Å². The molecule has 0 saturated heterocycles. The molecule has 1 atom stereocenters. The molecule has 5 nitrogen and oxygen atoms in total. The molecule has 0 spiro atoms. The third-order valence-electron chi connectivity index (χ3n) is 2.73. The fraction of sp³-hybridized carbons (Fsp3) is 0.250. The van der Waals surface area contributed by atoms with E-state index in [2.05, 4.69) is 36.6 Å². The van der Waals surface area contributed by atoms with Crippen LogP contribution in [0.3, 0.4) is 0 Å². The Kier molecular flexibility index (Phi) is 4.05. The van der Waals surface area contributed by atoms with E-state index < -0.39 is 22.5 Å². The topological polar surface area (TPSA) is 63.7 Å². The van der Waals surface area contributed by atoms with Gasteiger partial charge in [-0.3, -0.25) is 14.4 Å². The molecule has 1 amide bonds. The van der Waals surface area contributed by atoms with Crippen molar-refractivity contribution in [2.75, 3.05) is 18.6 Å². The normalized spacial score (nSPS) is 15.4. The Morgan fingerprint density at radius 2 is 2.11 bits per heavy atom. The average Bonchev–Trinajstić information content (AvgIpc) is 2.62. The highest BCUT2D eigenvalue weighted by Gasteiger charge is 2.37. The van der Waals surface area contributed by atoms with Crippen LogP contribution in [-0.4, -0.2) is 36.1 Å². The summed E-state index contributed by atoms with van der Waals surface area (Å²) in [6, 6.07) is 4.95. The van der Waals surface area contributed by atoms with E-state index in [0.717, 1.165) is 4.47 Å². The number of hydrogen-bond donors (Lipinski definition) is 0. The van der Waals surface area contributed by atoms with Gasteiger partial charge >= 0.3 is 5.97 Å². The number of alkyl halides is 1. The number of methoxy groups -OCH3 is 1. The summed E-state index contributed by atoms with van der Waals surface area (Å²) in [6.07, 6.45) is 0. The fourth-order valence-corrected chi connectivity index (χ4v) is 2.64. The molecule has 1 aliphatic heterocycles. The Morgan fingerprint density at radius 3 is 2.74 bits per heavy atom. The van der Waals surface area contributed by atoms with E-state index in [4.69, 9.17) is 0 Å². The zero-order valence-electron chi connectivity index (χ0n) is 9.85. The molecule has 100 valence electrons. The molecule has 2 rings (SSSR count). The Morgan fingerprint density at radius 1 is 1.42 bits per heavy atom. The number of ketones is 1. The summed E-state index contributed by atoms with van der Waals surface area (Å²) in [5.74, 6) is -1.70. The number of rotatable bonds is 3. The van der Waals surface area contributed by atoms with Gasteiger partial charge in [-0.15, -0.1) is 0 Å². The molecule has 0 radical (unpaired) electrons. The lowest BCUT2D eigenvalue weighted by Gasteiger charge is -2.19. The van der Waals surface area contributed by atoms with Crippen molar-refractivity contribution in [2.45, 2.75) is 4.83 Å². The first kappa shape index (κ1) is 14.2. The van der Waals surface area contributed by atoms with Crippen LogP contribution < -0.4 is 4.90 Å². The van der Waals surface area contributed by atoms with E-state index in [1.54, 1.807) is 18.2 Å². The van der Waals surface area contributed by atoms with Crippen molar-refractivity contribution in [3.63, 3.8) is 0 Å². The number of amides is 1. The molecule has 19 heavy (non-hydrogen) atoms. The molecule has 0 saturated carbocycles. The van der Waals surface area contributed by atoms with Gasteiger partial charge in [-0.1, -0.05) is 31.9 Å². The standard InChI is InChI=1S/C12H9Br2NO4/c1-19-12(18)8(14)5-15-9-4-6(13)2-3-7(9)10(16)11(15)17/h2-4,8H,5H2,1H3. The second-order valence-corrected chi connectivity index (χ2v) is 5.92. The van der Waals surface area contributed by atoms with Crippen molar-refractivity contribution in [3.8, 4) is 0 Å². The molecular weight excluding hydrogens is 382 g/mol. The van der Waals surface area contributed by atoms with Gasteiger partial charge < -0.3 is 9.64 Å². The Balaban J connectivity index is 2.33. The highest BCUT2D eigenvalue weighted by Crippen LogP contribution is 2.32. The predicted molar refractivity (Wildman–Crippen MR) is 75.6 cm³/mol. The molecule has 0 aliphatic carbocycles. The van der Waals surface area contributed by atoms with Crippen LogP contribution in [0.2, 0.25) is 0 Å². The number of carbonyl (C=O) groups excluding carboxylic acids is 3. The summed E-state index contributed by atoms with van der Waals surface area (Å²) in [7, 11) is 1.26. The maximum absolute atomic E-state index is 11.9. The molecule has 1 unspecified atom stereocenters. The SMILES string of the molecule is COC(=O)C(Br)CN1C(=O)C(=O)c2ccc(Br)cc21. The van der Waals surface area contributed by atoms with E-state index in [0.29, 0.717) is 11.3 Å². The van der Waals surface area contributed by atoms with Crippen LogP contribution in [-0.2, 0) is 14.3 Å². The smallest absolute Gasteiger partial charge is 0.321 e. The van der Waals surface area contributed by atoms with Crippen molar-refractivity contribution in [3.05, 3.63) is 28.2 Å². The van der Waals surface area contributed by atoms with Crippen LogP contribution in [0.5, 0.6) is 0 Å². The molecule has 7 heteroatoms. The van der Waals surface area contributed by atoms with Gasteiger partial charge in [-0.2, -0.15) is 0 Å². The summed E-state index contributed by atoms with van der Waals surface area (Å²) in [6.45, 7) is 0.0424. The molecule has 1 heterocycles. The van der Waals surface area contributed by atoms with E-state index in [9.17, 15) is 14.4 Å². The maximum atomic E-state index is 11.9. The monoisotopic (exact) mass is 389 g/mol.